The number of hydrogen-bond acceptors (Lipinski definition) is 7. The van der Waals surface area contributed by atoms with Crippen molar-refractivity contribution in [3.05, 3.63) is 66.6 Å². The van der Waals surface area contributed by atoms with Crippen LogP contribution in [0.4, 0.5) is 10.7 Å². The molecule has 0 radical (unpaired) electrons. The maximum absolute atomic E-state index is 13.8. The molecule has 41 heavy (non-hydrogen) atoms. The highest BCUT2D eigenvalue weighted by atomic mass is 127. The second-order valence-electron chi connectivity index (χ2n) is 9.99. The quantitative estimate of drug-likeness (QED) is 0.133. The lowest BCUT2D eigenvalue weighted by molar-refractivity contribution is -0.145. The van der Waals surface area contributed by atoms with Gasteiger partial charge in [-0.25, -0.2) is 9.79 Å². The van der Waals surface area contributed by atoms with E-state index in [1.54, 1.807) is 24.5 Å². The molecule has 0 spiro atoms. The van der Waals surface area contributed by atoms with Crippen LogP contribution in [0.15, 0.2) is 35.3 Å². The molecule has 0 aliphatic heterocycles. The number of esters is 1. The third kappa shape index (κ3) is 8.09. The molecule has 0 unspecified atom stereocenters. The van der Waals surface area contributed by atoms with E-state index < -0.39 is 5.97 Å². The molecule has 4 rings (SSSR count). The zero-order chi connectivity index (χ0) is 29.4. The second kappa shape index (κ2) is 14.8. The molecule has 9 heteroatoms. The zero-order valence-electron chi connectivity index (χ0n) is 24.1. The normalized spacial score (nSPS) is 13.3. The molecule has 1 aliphatic rings. The number of thiophene rings is 1. The zero-order valence-corrected chi connectivity index (χ0v) is 27.1. The van der Waals surface area contributed by atoms with Crippen LogP contribution in [0.1, 0.15) is 77.0 Å². The van der Waals surface area contributed by atoms with E-state index in [0.717, 1.165) is 62.2 Å². The standard InChI is InChI=1S/C32H37IN2O5S/c1-5-38-26-17-22(16-24(33)30(26)40-19-28(36)39-6-2)18-34-32-29(23-11-9-7-8-10-12-27(23)41-32)31(37)35-25-15-20(3)13-14-21(25)4/h13-18H,5-12,19H2,1-4H3,(H,35,37). The number of ether oxygens (including phenoxy) is 3. The Morgan fingerprint density at radius 2 is 1.80 bits per heavy atom. The number of amides is 1. The van der Waals surface area contributed by atoms with Crippen molar-refractivity contribution < 1.29 is 23.8 Å². The topological polar surface area (TPSA) is 86.2 Å². The molecule has 1 amide bonds. The predicted molar refractivity (Wildman–Crippen MR) is 174 cm³/mol. The number of nitrogens with zero attached hydrogens (tertiary/aromatic N) is 1. The van der Waals surface area contributed by atoms with Gasteiger partial charge in [-0.1, -0.05) is 25.0 Å². The molecule has 218 valence electrons. The number of nitrogens with one attached hydrogen (secondary N) is 1. The van der Waals surface area contributed by atoms with E-state index in [0.29, 0.717) is 30.3 Å². The Morgan fingerprint density at radius 1 is 1.02 bits per heavy atom. The van der Waals surface area contributed by atoms with Gasteiger partial charge in [-0.3, -0.25) is 4.79 Å². The van der Waals surface area contributed by atoms with Crippen molar-refractivity contribution in [2.45, 2.75) is 66.2 Å². The van der Waals surface area contributed by atoms with E-state index in [4.69, 9.17) is 19.2 Å². The summed E-state index contributed by atoms with van der Waals surface area (Å²) in [5.41, 5.74) is 5.57. The minimum Gasteiger partial charge on any atom is -0.490 e. The number of fused-ring (bicyclic) bond motifs is 1. The van der Waals surface area contributed by atoms with Gasteiger partial charge < -0.3 is 19.5 Å². The molecule has 1 aliphatic carbocycles. The Bertz CT molecular complexity index is 1430. The summed E-state index contributed by atoms with van der Waals surface area (Å²) in [6.07, 6.45) is 8.21. The molecular weight excluding hydrogens is 651 g/mol. The number of halogens is 1. The van der Waals surface area contributed by atoms with Gasteiger partial charge in [0.15, 0.2) is 18.1 Å². The summed E-state index contributed by atoms with van der Waals surface area (Å²) in [5.74, 6) is 0.467. The Morgan fingerprint density at radius 3 is 2.56 bits per heavy atom. The van der Waals surface area contributed by atoms with Crippen molar-refractivity contribution in [2.75, 3.05) is 25.1 Å². The molecular formula is C32H37IN2O5S. The maximum atomic E-state index is 13.8. The third-order valence-electron chi connectivity index (χ3n) is 6.82. The largest absolute Gasteiger partial charge is 0.490 e. The van der Waals surface area contributed by atoms with E-state index >= 15 is 0 Å². The van der Waals surface area contributed by atoms with Gasteiger partial charge in [0.25, 0.3) is 5.91 Å². The molecule has 2 aromatic carbocycles. The molecule has 0 saturated carbocycles. The van der Waals surface area contributed by atoms with Gasteiger partial charge in [-0.15, -0.1) is 11.3 Å². The van der Waals surface area contributed by atoms with Crippen LogP contribution in [0.5, 0.6) is 11.5 Å². The first-order valence-corrected chi connectivity index (χ1v) is 16.0. The highest BCUT2D eigenvalue weighted by Crippen LogP contribution is 2.40. The Balaban J connectivity index is 1.68. The summed E-state index contributed by atoms with van der Waals surface area (Å²) in [7, 11) is 0. The number of benzene rings is 2. The SMILES string of the molecule is CCOC(=O)COc1c(I)cc(C=Nc2sc3c(c2C(=O)Nc2cc(C)ccc2C)CCCCCC3)cc1OCC. The lowest BCUT2D eigenvalue weighted by Gasteiger charge is -2.14. The van der Waals surface area contributed by atoms with Crippen LogP contribution in [-0.4, -0.2) is 37.9 Å². The van der Waals surface area contributed by atoms with Crippen molar-refractivity contribution in [3.63, 3.8) is 0 Å². The van der Waals surface area contributed by atoms with E-state index in [9.17, 15) is 9.59 Å². The third-order valence-corrected chi connectivity index (χ3v) is 8.82. The fourth-order valence-corrected chi connectivity index (χ4v) is 6.83. The smallest absolute Gasteiger partial charge is 0.344 e. The lowest BCUT2D eigenvalue weighted by Crippen LogP contribution is -2.15. The molecule has 7 nitrogen and oxygen atoms in total. The molecule has 1 N–H and O–H groups in total. The van der Waals surface area contributed by atoms with Gasteiger partial charge >= 0.3 is 5.97 Å². The first kappa shape index (κ1) is 31.0. The number of carbonyl (C=O) groups excluding carboxylic acids is 2. The van der Waals surface area contributed by atoms with E-state index in [1.165, 1.54) is 17.7 Å². The summed E-state index contributed by atoms with van der Waals surface area (Å²) in [6, 6.07) is 9.85. The summed E-state index contributed by atoms with van der Waals surface area (Å²) in [4.78, 5) is 31.8. The van der Waals surface area contributed by atoms with Crippen LogP contribution < -0.4 is 14.8 Å². The molecule has 1 heterocycles. The van der Waals surface area contributed by atoms with Crippen LogP contribution >= 0.6 is 33.9 Å². The summed E-state index contributed by atoms with van der Waals surface area (Å²) in [5, 5.41) is 3.89. The summed E-state index contributed by atoms with van der Waals surface area (Å²) in [6.45, 7) is 8.21. The minimum atomic E-state index is -0.434. The van der Waals surface area contributed by atoms with Crippen molar-refractivity contribution in [3.8, 4) is 11.5 Å². The molecule has 1 aromatic heterocycles. The highest BCUT2D eigenvalue weighted by Gasteiger charge is 2.25. The monoisotopic (exact) mass is 688 g/mol. The first-order chi connectivity index (χ1) is 19.8. The van der Waals surface area contributed by atoms with Crippen LogP contribution in [0.2, 0.25) is 0 Å². The van der Waals surface area contributed by atoms with Gasteiger partial charge in [-0.2, -0.15) is 0 Å². The first-order valence-electron chi connectivity index (χ1n) is 14.1. The molecule has 0 atom stereocenters. The van der Waals surface area contributed by atoms with Crippen molar-refractivity contribution >= 4 is 62.7 Å². The second-order valence-corrected chi connectivity index (χ2v) is 12.2. The van der Waals surface area contributed by atoms with Gasteiger partial charge in [0.05, 0.1) is 22.3 Å². The van der Waals surface area contributed by atoms with E-state index in [-0.39, 0.29) is 12.5 Å². The highest BCUT2D eigenvalue weighted by molar-refractivity contribution is 14.1. The van der Waals surface area contributed by atoms with Crippen LogP contribution in [-0.2, 0) is 22.4 Å². The molecule has 0 saturated heterocycles. The van der Waals surface area contributed by atoms with Crippen molar-refractivity contribution in [1.82, 2.24) is 0 Å². The predicted octanol–water partition coefficient (Wildman–Crippen LogP) is 7.97. The van der Waals surface area contributed by atoms with Crippen molar-refractivity contribution in [2.24, 2.45) is 4.99 Å². The van der Waals surface area contributed by atoms with E-state index in [2.05, 4.69) is 27.9 Å². The van der Waals surface area contributed by atoms with Crippen LogP contribution in [0, 0.1) is 17.4 Å². The molecule has 0 fully saturated rings. The number of aliphatic imine (C=N–C) groups is 1. The minimum absolute atomic E-state index is 0.115. The Hall–Kier alpha value is -2.92. The van der Waals surface area contributed by atoms with Gasteiger partial charge in [0, 0.05) is 16.8 Å². The van der Waals surface area contributed by atoms with E-state index in [1.807, 2.05) is 51.1 Å². The maximum Gasteiger partial charge on any atom is 0.344 e. The van der Waals surface area contributed by atoms with Gasteiger partial charge in [0.1, 0.15) is 5.00 Å². The Labute approximate surface area is 259 Å². The number of anilines is 1. The number of carbonyl (C=O) groups is 2. The Kier molecular flexibility index (Phi) is 11.2. The van der Waals surface area contributed by atoms with Gasteiger partial charge in [-0.05, 0) is 116 Å². The molecule has 3 aromatic rings. The fraction of sp³-hybridized carbons (Fsp3) is 0.406. The average molecular weight is 689 g/mol. The summed E-state index contributed by atoms with van der Waals surface area (Å²) < 4.78 is 17.4. The lowest BCUT2D eigenvalue weighted by atomic mass is 9.96. The van der Waals surface area contributed by atoms with Crippen LogP contribution in [0.25, 0.3) is 0 Å². The molecule has 0 bridgehead atoms. The average Bonchev–Trinajstić information content (AvgIpc) is 3.25. The number of aryl methyl sites for hydroxylation is 3. The number of rotatable bonds is 10. The van der Waals surface area contributed by atoms with Crippen molar-refractivity contribution in [1.29, 1.82) is 0 Å². The fourth-order valence-electron chi connectivity index (χ4n) is 4.82. The van der Waals surface area contributed by atoms with Crippen LogP contribution in [0.3, 0.4) is 0 Å². The van der Waals surface area contributed by atoms with Gasteiger partial charge in [0.2, 0.25) is 0 Å². The summed E-state index contributed by atoms with van der Waals surface area (Å²) >= 11 is 3.79. The number of hydrogen-bond donors (Lipinski definition) is 1.